The van der Waals surface area contributed by atoms with Crippen molar-refractivity contribution in [2.75, 3.05) is 0 Å². The number of pyridine rings is 1. The van der Waals surface area contributed by atoms with Gasteiger partial charge < -0.3 is 0 Å². The average Bonchev–Trinajstić information content (AvgIpc) is 2.15. The fourth-order valence-corrected chi connectivity index (χ4v) is 2.11. The molecule has 1 heterocycles. The number of nitrogens with zero attached hydrogens (tertiary/aromatic N) is 1. The molecule has 6 heteroatoms. The molecule has 0 unspecified atom stereocenters. The summed E-state index contributed by atoms with van der Waals surface area (Å²) in [6, 6.07) is 6.93. The first kappa shape index (κ1) is 10.5. The number of hydrogen-bond donors (Lipinski definition) is 1. The highest BCUT2D eigenvalue weighted by Crippen LogP contribution is 2.20. The van der Waals surface area contributed by atoms with E-state index >= 15 is 0 Å². The maximum atomic E-state index is 11.1. The van der Waals surface area contributed by atoms with Gasteiger partial charge in [-0.3, -0.25) is 4.98 Å². The molecule has 0 aliphatic rings. The van der Waals surface area contributed by atoms with Crippen LogP contribution in [0.15, 0.2) is 39.8 Å². The third-order valence-electron chi connectivity index (χ3n) is 1.95. The van der Waals surface area contributed by atoms with Crippen molar-refractivity contribution in [1.82, 2.24) is 4.98 Å². The lowest BCUT2D eigenvalue weighted by atomic mass is 10.2. The van der Waals surface area contributed by atoms with Crippen LogP contribution in [0.2, 0.25) is 0 Å². The highest BCUT2D eigenvalue weighted by atomic mass is 79.9. The molecule has 1 aromatic carbocycles. The molecule has 0 atom stereocenters. The maximum absolute atomic E-state index is 11.1. The first-order valence-corrected chi connectivity index (χ1v) is 6.39. The number of nitrogens with two attached hydrogens (primary N) is 1. The smallest absolute Gasteiger partial charge is 0.239 e. The fraction of sp³-hybridized carbons (Fsp3) is 0. The molecule has 0 aliphatic heterocycles. The fourth-order valence-electron chi connectivity index (χ4n) is 1.24. The number of hydrogen-bond acceptors (Lipinski definition) is 3. The van der Waals surface area contributed by atoms with E-state index in [1.807, 2.05) is 6.07 Å². The second kappa shape index (κ2) is 3.55. The van der Waals surface area contributed by atoms with E-state index in [4.69, 9.17) is 5.14 Å². The molecule has 78 valence electrons. The Kier molecular flexibility index (Phi) is 2.49. The van der Waals surface area contributed by atoms with Crippen LogP contribution < -0.4 is 5.14 Å². The monoisotopic (exact) mass is 286 g/mol. The molecule has 0 radical (unpaired) electrons. The van der Waals surface area contributed by atoms with Crippen LogP contribution in [-0.4, -0.2) is 13.4 Å². The van der Waals surface area contributed by atoms with Gasteiger partial charge in [0.1, 0.15) is 4.90 Å². The SMILES string of the molecule is NS(=O)(=O)c1cnc2ccc(Br)cc2c1. The van der Waals surface area contributed by atoms with Crippen molar-refractivity contribution < 1.29 is 8.42 Å². The predicted molar refractivity (Wildman–Crippen MR) is 60.8 cm³/mol. The summed E-state index contributed by atoms with van der Waals surface area (Å²) in [5.41, 5.74) is 0.727. The first-order valence-electron chi connectivity index (χ1n) is 4.05. The van der Waals surface area contributed by atoms with Crippen LogP contribution >= 0.6 is 15.9 Å². The summed E-state index contributed by atoms with van der Waals surface area (Å²) in [5, 5.41) is 5.74. The van der Waals surface area contributed by atoms with Crippen molar-refractivity contribution in [3.05, 3.63) is 34.9 Å². The van der Waals surface area contributed by atoms with E-state index in [0.29, 0.717) is 0 Å². The van der Waals surface area contributed by atoms with E-state index in [1.165, 1.54) is 12.3 Å². The Balaban J connectivity index is 2.75. The highest BCUT2D eigenvalue weighted by molar-refractivity contribution is 9.10. The molecule has 2 rings (SSSR count). The second-order valence-corrected chi connectivity index (χ2v) is 5.53. The van der Waals surface area contributed by atoms with Crippen LogP contribution in [-0.2, 0) is 10.0 Å². The summed E-state index contributed by atoms with van der Waals surface area (Å²) in [7, 11) is -3.68. The molecule has 4 nitrogen and oxygen atoms in total. The van der Waals surface area contributed by atoms with Crippen molar-refractivity contribution >= 4 is 36.9 Å². The van der Waals surface area contributed by atoms with Crippen LogP contribution in [0.25, 0.3) is 10.9 Å². The molecule has 0 bridgehead atoms. The van der Waals surface area contributed by atoms with Gasteiger partial charge in [-0.2, -0.15) is 0 Å². The molecule has 15 heavy (non-hydrogen) atoms. The van der Waals surface area contributed by atoms with Crippen molar-refractivity contribution in [2.45, 2.75) is 4.90 Å². The number of rotatable bonds is 1. The quantitative estimate of drug-likeness (QED) is 0.866. The van der Waals surface area contributed by atoms with Crippen LogP contribution in [0.1, 0.15) is 0 Å². The minimum absolute atomic E-state index is 0.0214. The Hall–Kier alpha value is -0.980. The van der Waals surface area contributed by atoms with E-state index < -0.39 is 10.0 Å². The number of fused-ring (bicyclic) bond motifs is 1. The van der Waals surface area contributed by atoms with Crippen molar-refractivity contribution in [1.29, 1.82) is 0 Å². The summed E-state index contributed by atoms with van der Waals surface area (Å²) in [4.78, 5) is 4.03. The summed E-state index contributed by atoms with van der Waals surface area (Å²) in [6.45, 7) is 0. The third kappa shape index (κ3) is 2.17. The van der Waals surface area contributed by atoms with E-state index in [0.717, 1.165) is 15.4 Å². The molecule has 0 saturated carbocycles. The Morgan fingerprint density at radius 2 is 2.00 bits per heavy atom. The van der Waals surface area contributed by atoms with Crippen molar-refractivity contribution in [2.24, 2.45) is 5.14 Å². The van der Waals surface area contributed by atoms with Crippen molar-refractivity contribution in [3.63, 3.8) is 0 Å². The highest BCUT2D eigenvalue weighted by Gasteiger charge is 2.08. The van der Waals surface area contributed by atoms with Gasteiger partial charge in [0.25, 0.3) is 0 Å². The molecule has 2 aromatic rings. The predicted octanol–water partition coefficient (Wildman–Crippen LogP) is 1.64. The molecule has 1 aromatic heterocycles. The molecule has 2 N–H and O–H groups in total. The molecule has 0 spiro atoms. The Morgan fingerprint density at radius 3 is 2.67 bits per heavy atom. The van der Waals surface area contributed by atoms with Gasteiger partial charge >= 0.3 is 0 Å². The van der Waals surface area contributed by atoms with E-state index in [9.17, 15) is 8.42 Å². The zero-order valence-electron chi connectivity index (χ0n) is 7.51. The van der Waals surface area contributed by atoms with Gasteiger partial charge in [0.2, 0.25) is 10.0 Å². The topological polar surface area (TPSA) is 73.1 Å². The summed E-state index contributed by atoms with van der Waals surface area (Å²) < 4.78 is 23.0. The Labute approximate surface area is 95.3 Å². The number of benzene rings is 1. The van der Waals surface area contributed by atoms with Crippen LogP contribution in [0.3, 0.4) is 0 Å². The maximum Gasteiger partial charge on any atom is 0.239 e. The van der Waals surface area contributed by atoms with Crippen LogP contribution in [0, 0.1) is 0 Å². The van der Waals surface area contributed by atoms with Gasteiger partial charge in [-0.15, -0.1) is 0 Å². The summed E-state index contributed by atoms with van der Waals surface area (Å²) in [6.07, 6.45) is 1.26. The summed E-state index contributed by atoms with van der Waals surface area (Å²) >= 11 is 3.30. The second-order valence-electron chi connectivity index (χ2n) is 3.05. The van der Waals surface area contributed by atoms with Crippen LogP contribution in [0.4, 0.5) is 0 Å². The van der Waals surface area contributed by atoms with Crippen molar-refractivity contribution in [3.8, 4) is 0 Å². The molecule has 0 saturated heterocycles. The Morgan fingerprint density at radius 1 is 1.27 bits per heavy atom. The lowest BCUT2D eigenvalue weighted by Gasteiger charge is -2.01. The first-order chi connectivity index (χ1) is 6.97. The van der Waals surface area contributed by atoms with Gasteiger partial charge in [0.15, 0.2) is 0 Å². The minimum Gasteiger partial charge on any atom is -0.255 e. The molecule has 0 amide bonds. The number of aromatic nitrogens is 1. The Bertz CT molecular complexity index is 625. The number of primary sulfonamides is 1. The summed E-state index contributed by atoms with van der Waals surface area (Å²) in [5.74, 6) is 0. The standard InChI is InChI=1S/C9H7BrN2O2S/c10-7-1-2-9-6(3-7)4-8(5-12-9)15(11,13)14/h1-5H,(H2,11,13,14). The minimum atomic E-state index is -3.68. The lowest BCUT2D eigenvalue weighted by molar-refractivity contribution is 0.597. The molecule has 0 fully saturated rings. The zero-order valence-corrected chi connectivity index (χ0v) is 9.92. The van der Waals surface area contributed by atoms with E-state index in [1.54, 1.807) is 12.1 Å². The number of sulfonamides is 1. The van der Waals surface area contributed by atoms with E-state index in [-0.39, 0.29) is 4.90 Å². The average molecular weight is 287 g/mol. The third-order valence-corrected chi connectivity index (χ3v) is 3.32. The molecular weight excluding hydrogens is 280 g/mol. The van der Waals surface area contributed by atoms with Gasteiger partial charge in [0.05, 0.1) is 5.52 Å². The van der Waals surface area contributed by atoms with Gasteiger partial charge in [-0.25, -0.2) is 13.6 Å². The van der Waals surface area contributed by atoms with Gasteiger partial charge in [0, 0.05) is 16.1 Å². The normalized spacial score (nSPS) is 11.9. The van der Waals surface area contributed by atoms with Gasteiger partial charge in [-0.1, -0.05) is 15.9 Å². The number of halogens is 1. The molecular formula is C9H7BrN2O2S. The largest absolute Gasteiger partial charge is 0.255 e. The molecule has 0 aliphatic carbocycles. The van der Waals surface area contributed by atoms with E-state index in [2.05, 4.69) is 20.9 Å². The van der Waals surface area contributed by atoms with Gasteiger partial charge in [-0.05, 0) is 24.3 Å². The lowest BCUT2D eigenvalue weighted by Crippen LogP contribution is -2.12. The van der Waals surface area contributed by atoms with Crippen LogP contribution in [0.5, 0.6) is 0 Å². The zero-order chi connectivity index (χ0) is 11.1.